The zero-order chi connectivity index (χ0) is 14.8. The average molecular weight is 410 g/mol. The van der Waals surface area contributed by atoms with E-state index in [1.165, 1.54) is 0 Å². The largest absolute Gasteiger partial charge is 0.388 e. The molecule has 0 amide bonds. The molecule has 1 aromatic carbocycles. The van der Waals surface area contributed by atoms with Crippen molar-refractivity contribution in [3.05, 3.63) is 45.5 Å². The molecule has 0 saturated carbocycles. The SMILES string of the molecule is CNc1ccc(-c2nc(-c3ncc(Br)cc3Br)no2)cc1. The van der Waals surface area contributed by atoms with E-state index in [2.05, 4.69) is 52.3 Å². The molecule has 0 fully saturated rings. The lowest BCUT2D eigenvalue weighted by atomic mass is 10.2. The highest BCUT2D eigenvalue weighted by atomic mass is 79.9. The maximum absolute atomic E-state index is 5.31. The maximum Gasteiger partial charge on any atom is 0.258 e. The van der Waals surface area contributed by atoms with Crippen molar-refractivity contribution >= 4 is 37.5 Å². The molecule has 0 bridgehead atoms. The number of nitrogens with one attached hydrogen (secondary N) is 1. The van der Waals surface area contributed by atoms with Gasteiger partial charge in [0.15, 0.2) is 0 Å². The van der Waals surface area contributed by atoms with Gasteiger partial charge in [0.05, 0.1) is 0 Å². The van der Waals surface area contributed by atoms with E-state index in [-0.39, 0.29) is 0 Å². The normalized spacial score (nSPS) is 10.6. The van der Waals surface area contributed by atoms with Crippen LogP contribution in [0.25, 0.3) is 23.0 Å². The van der Waals surface area contributed by atoms with Gasteiger partial charge in [0, 0.05) is 33.4 Å². The standard InChI is InChI=1S/C14H10Br2N4O/c1-17-10-4-2-8(3-5-10)14-19-13(20-21-14)12-11(16)6-9(15)7-18-12/h2-7,17H,1H3. The summed E-state index contributed by atoms with van der Waals surface area (Å²) in [6.45, 7) is 0. The van der Waals surface area contributed by atoms with Gasteiger partial charge in [-0.15, -0.1) is 0 Å². The molecule has 0 radical (unpaired) electrons. The quantitative estimate of drug-likeness (QED) is 0.695. The number of nitrogens with zero attached hydrogens (tertiary/aromatic N) is 3. The van der Waals surface area contributed by atoms with Gasteiger partial charge < -0.3 is 9.84 Å². The molecule has 2 heterocycles. The molecule has 0 spiro atoms. The Hall–Kier alpha value is -1.73. The van der Waals surface area contributed by atoms with Crippen LogP contribution in [-0.4, -0.2) is 22.2 Å². The molecule has 0 atom stereocenters. The van der Waals surface area contributed by atoms with Crippen molar-refractivity contribution < 1.29 is 4.52 Å². The Kier molecular flexibility index (Phi) is 4.03. The fourth-order valence-electron chi connectivity index (χ4n) is 1.80. The van der Waals surface area contributed by atoms with E-state index in [1.54, 1.807) is 6.20 Å². The number of hydrogen-bond donors (Lipinski definition) is 1. The fraction of sp³-hybridized carbons (Fsp3) is 0.0714. The van der Waals surface area contributed by atoms with Crippen LogP contribution in [0.5, 0.6) is 0 Å². The van der Waals surface area contributed by atoms with Gasteiger partial charge in [-0.1, -0.05) is 5.16 Å². The second-order valence-electron chi connectivity index (χ2n) is 4.23. The molecule has 3 rings (SSSR count). The third kappa shape index (κ3) is 2.98. The molecule has 0 unspecified atom stereocenters. The molecule has 5 nitrogen and oxygen atoms in total. The third-order valence-electron chi connectivity index (χ3n) is 2.87. The Morgan fingerprint density at radius 3 is 2.57 bits per heavy atom. The Morgan fingerprint density at radius 1 is 1.14 bits per heavy atom. The van der Waals surface area contributed by atoms with Gasteiger partial charge in [0.25, 0.3) is 5.89 Å². The summed E-state index contributed by atoms with van der Waals surface area (Å²) >= 11 is 6.81. The molecular weight excluding hydrogens is 400 g/mol. The molecule has 0 aliphatic carbocycles. The number of hydrogen-bond acceptors (Lipinski definition) is 5. The van der Waals surface area contributed by atoms with Crippen molar-refractivity contribution in [3.63, 3.8) is 0 Å². The second kappa shape index (κ2) is 5.95. The number of halogens is 2. The Labute approximate surface area is 138 Å². The number of anilines is 1. The van der Waals surface area contributed by atoms with E-state index in [0.717, 1.165) is 20.2 Å². The summed E-state index contributed by atoms with van der Waals surface area (Å²) < 4.78 is 6.99. The van der Waals surface area contributed by atoms with Gasteiger partial charge in [-0.25, -0.2) is 0 Å². The topological polar surface area (TPSA) is 63.8 Å². The van der Waals surface area contributed by atoms with Gasteiger partial charge in [-0.3, -0.25) is 4.98 Å². The molecule has 2 aromatic heterocycles. The Morgan fingerprint density at radius 2 is 1.90 bits per heavy atom. The zero-order valence-electron chi connectivity index (χ0n) is 11.0. The smallest absolute Gasteiger partial charge is 0.258 e. The van der Waals surface area contributed by atoms with Gasteiger partial charge in [0.2, 0.25) is 5.82 Å². The van der Waals surface area contributed by atoms with Crippen LogP contribution < -0.4 is 5.32 Å². The molecule has 0 aliphatic heterocycles. The second-order valence-corrected chi connectivity index (χ2v) is 6.00. The summed E-state index contributed by atoms with van der Waals surface area (Å²) in [6.07, 6.45) is 1.69. The van der Waals surface area contributed by atoms with Crippen LogP contribution in [0.15, 0.2) is 50.0 Å². The van der Waals surface area contributed by atoms with Gasteiger partial charge in [-0.2, -0.15) is 4.98 Å². The van der Waals surface area contributed by atoms with E-state index >= 15 is 0 Å². The molecule has 3 aromatic rings. The highest BCUT2D eigenvalue weighted by Crippen LogP contribution is 2.28. The molecule has 7 heteroatoms. The van der Waals surface area contributed by atoms with Gasteiger partial charge >= 0.3 is 0 Å². The Balaban J connectivity index is 1.95. The van der Waals surface area contributed by atoms with Gasteiger partial charge in [-0.05, 0) is 62.2 Å². The predicted molar refractivity (Wildman–Crippen MR) is 87.9 cm³/mol. The highest BCUT2D eigenvalue weighted by Gasteiger charge is 2.14. The van der Waals surface area contributed by atoms with Crippen LogP contribution in [0.1, 0.15) is 0 Å². The summed E-state index contributed by atoms with van der Waals surface area (Å²) in [5, 5.41) is 7.05. The first-order chi connectivity index (χ1) is 10.2. The lowest BCUT2D eigenvalue weighted by Gasteiger charge is -1.99. The summed E-state index contributed by atoms with van der Waals surface area (Å²) in [4.78, 5) is 8.68. The summed E-state index contributed by atoms with van der Waals surface area (Å²) in [5.41, 5.74) is 2.52. The van der Waals surface area contributed by atoms with E-state index in [1.807, 2.05) is 37.4 Å². The minimum atomic E-state index is 0.446. The molecular formula is C14H10Br2N4O. The van der Waals surface area contributed by atoms with Crippen LogP contribution in [0.2, 0.25) is 0 Å². The zero-order valence-corrected chi connectivity index (χ0v) is 14.1. The first kappa shape index (κ1) is 14.2. The van der Waals surface area contributed by atoms with Crippen molar-refractivity contribution in [1.29, 1.82) is 0 Å². The number of aromatic nitrogens is 3. The van der Waals surface area contributed by atoms with Crippen molar-refractivity contribution in [3.8, 4) is 23.0 Å². The van der Waals surface area contributed by atoms with Crippen LogP contribution in [0.4, 0.5) is 5.69 Å². The van der Waals surface area contributed by atoms with E-state index in [9.17, 15) is 0 Å². The highest BCUT2D eigenvalue weighted by molar-refractivity contribution is 9.11. The lowest BCUT2D eigenvalue weighted by Crippen LogP contribution is -1.88. The molecule has 1 N–H and O–H groups in total. The first-order valence-corrected chi connectivity index (χ1v) is 7.69. The third-order valence-corrected chi connectivity index (χ3v) is 3.90. The molecule has 21 heavy (non-hydrogen) atoms. The number of benzene rings is 1. The summed E-state index contributed by atoms with van der Waals surface area (Å²) in [7, 11) is 1.87. The lowest BCUT2D eigenvalue weighted by molar-refractivity contribution is 0.432. The van der Waals surface area contributed by atoms with Crippen molar-refractivity contribution in [1.82, 2.24) is 15.1 Å². The minimum Gasteiger partial charge on any atom is -0.388 e. The van der Waals surface area contributed by atoms with Crippen LogP contribution in [-0.2, 0) is 0 Å². The predicted octanol–water partition coefficient (Wildman–Crippen LogP) is 4.37. The molecule has 106 valence electrons. The average Bonchev–Trinajstić information content (AvgIpc) is 2.97. The molecule has 0 saturated heterocycles. The van der Waals surface area contributed by atoms with Crippen LogP contribution in [0, 0.1) is 0 Å². The summed E-state index contributed by atoms with van der Waals surface area (Å²) in [5.74, 6) is 0.909. The minimum absolute atomic E-state index is 0.446. The van der Waals surface area contributed by atoms with Crippen LogP contribution >= 0.6 is 31.9 Å². The van der Waals surface area contributed by atoms with Gasteiger partial charge in [0.1, 0.15) is 5.69 Å². The summed E-state index contributed by atoms with van der Waals surface area (Å²) in [6, 6.07) is 9.64. The maximum atomic E-state index is 5.31. The van der Waals surface area contributed by atoms with E-state index in [4.69, 9.17) is 4.52 Å². The van der Waals surface area contributed by atoms with E-state index < -0.39 is 0 Å². The monoisotopic (exact) mass is 408 g/mol. The van der Waals surface area contributed by atoms with E-state index in [0.29, 0.717) is 17.4 Å². The first-order valence-electron chi connectivity index (χ1n) is 6.10. The van der Waals surface area contributed by atoms with Crippen molar-refractivity contribution in [2.75, 3.05) is 12.4 Å². The van der Waals surface area contributed by atoms with Crippen molar-refractivity contribution in [2.24, 2.45) is 0 Å². The van der Waals surface area contributed by atoms with Crippen molar-refractivity contribution in [2.45, 2.75) is 0 Å². The molecule has 0 aliphatic rings. The fourth-order valence-corrected chi connectivity index (χ4v) is 2.96. The number of pyridine rings is 1. The van der Waals surface area contributed by atoms with Crippen LogP contribution in [0.3, 0.4) is 0 Å². The Bertz CT molecular complexity index is 771. The number of rotatable bonds is 3.